The highest BCUT2D eigenvalue weighted by molar-refractivity contribution is 7.11. The van der Waals surface area contributed by atoms with Crippen molar-refractivity contribution in [1.82, 2.24) is 4.98 Å². The van der Waals surface area contributed by atoms with Gasteiger partial charge in [-0.25, -0.2) is 9.78 Å². The summed E-state index contributed by atoms with van der Waals surface area (Å²) in [6, 6.07) is 16.5. The van der Waals surface area contributed by atoms with E-state index in [0.29, 0.717) is 44.6 Å². The number of ether oxygens (including phenoxy) is 2. The van der Waals surface area contributed by atoms with Gasteiger partial charge in [-0.3, -0.25) is 0 Å². The lowest BCUT2D eigenvalue weighted by Gasteiger charge is -2.10. The molecule has 0 atom stereocenters. The Labute approximate surface area is 181 Å². The maximum atomic E-state index is 12.4. The molecular formula is C23H17N3O4S. The Balaban J connectivity index is 1.64. The highest BCUT2D eigenvalue weighted by Gasteiger charge is 2.14. The maximum Gasteiger partial charge on any atom is 0.345 e. The molecule has 0 saturated carbocycles. The Bertz CT molecular complexity index is 1380. The molecule has 0 fully saturated rings. The van der Waals surface area contributed by atoms with E-state index in [1.54, 1.807) is 62.2 Å². The van der Waals surface area contributed by atoms with Crippen molar-refractivity contribution in [2.45, 2.75) is 0 Å². The number of benzene rings is 2. The molecule has 0 bridgehead atoms. The van der Waals surface area contributed by atoms with Crippen LogP contribution in [-0.2, 0) is 0 Å². The monoisotopic (exact) mass is 431 g/mol. The van der Waals surface area contributed by atoms with E-state index in [1.165, 1.54) is 11.3 Å². The Morgan fingerprint density at radius 3 is 2.81 bits per heavy atom. The van der Waals surface area contributed by atoms with Crippen LogP contribution in [-0.4, -0.2) is 19.2 Å². The van der Waals surface area contributed by atoms with Crippen molar-refractivity contribution in [1.29, 1.82) is 5.26 Å². The lowest BCUT2D eigenvalue weighted by Crippen LogP contribution is -2.02. The first-order valence-corrected chi connectivity index (χ1v) is 10.1. The second-order valence-electron chi connectivity index (χ2n) is 6.40. The molecule has 0 amide bonds. The fourth-order valence-electron chi connectivity index (χ4n) is 2.97. The maximum absolute atomic E-state index is 12.4. The fraction of sp³-hybridized carbons (Fsp3) is 0.0870. The number of allylic oxidation sites excluding steroid dienone is 1. The molecule has 0 spiro atoms. The van der Waals surface area contributed by atoms with Crippen molar-refractivity contribution in [3.05, 3.63) is 75.5 Å². The number of hydrogen-bond donors (Lipinski definition) is 1. The summed E-state index contributed by atoms with van der Waals surface area (Å²) < 4.78 is 15.9. The number of hydrogen-bond acceptors (Lipinski definition) is 8. The molecule has 8 heteroatoms. The highest BCUT2D eigenvalue weighted by atomic mass is 32.1. The lowest BCUT2D eigenvalue weighted by atomic mass is 10.1. The summed E-state index contributed by atoms with van der Waals surface area (Å²) in [4.78, 5) is 16.9. The van der Waals surface area contributed by atoms with Crippen LogP contribution in [0.2, 0.25) is 0 Å². The molecule has 0 aliphatic carbocycles. The molecule has 4 rings (SSSR count). The molecule has 0 aliphatic heterocycles. The second kappa shape index (κ2) is 8.73. The largest absolute Gasteiger partial charge is 0.497 e. The molecule has 0 radical (unpaired) electrons. The first kappa shape index (κ1) is 20.2. The zero-order valence-corrected chi connectivity index (χ0v) is 17.5. The molecule has 1 N–H and O–H groups in total. The summed E-state index contributed by atoms with van der Waals surface area (Å²) in [5.74, 6) is 1.23. The van der Waals surface area contributed by atoms with Gasteiger partial charge in [0.15, 0.2) is 0 Å². The third-order valence-corrected chi connectivity index (χ3v) is 5.43. The molecular weight excluding hydrogens is 414 g/mol. The third-order valence-electron chi connectivity index (χ3n) is 4.55. The van der Waals surface area contributed by atoms with Crippen molar-refractivity contribution in [2.75, 3.05) is 19.5 Å². The summed E-state index contributed by atoms with van der Waals surface area (Å²) in [7, 11) is 3.13. The zero-order chi connectivity index (χ0) is 21.8. The number of methoxy groups -OCH3 is 2. The summed E-state index contributed by atoms with van der Waals surface area (Å²) in [6.45, 7) is 0. The average molecular weight is 431 g/mol. The number of fused-ring (bicyclic) bond motifs is 1. The van der Waals surface area contributed by atoms with Crippen LogP contribution in [0.4, 0.5) is 5.69 Å². The van der Waals surface area contributed by atoms with Gasteiger partial charge in [0, 0.05) is 23.0 Å². The first-order valence-electron chi connectivity index (χ1n) is 9.21. The van der Waals surface area contributed by atoms with Gasteiger partial charge in [-0.15, -0.1) is 11.3 Å². The number of thiazole rings is 1. The quantitative estimate of drug-likeness (QED) is 0.342. The van der Waals surface area contributed by atoms with Crippen molar-refractivity contribution < 1.29 is 13.9 Å². The third kappa shape index (κ3) is 4.13. The van der Waals surface area contributed by atoms with Crippen LogP contribution in [0, 0.1) is 11.3 Å². The van der Waals surface area contributed by atoms with Gasteiger partial charge in [-0.05, 0) is 24.3 Å². The lowest BCUT2D eigenvalue weighted by molar-refractivity contribution is 0.395. The van der Waals surface area contributed by atoms with Gasteiger partial charge in [0.1, 0.15) is 33.7 Å². The first-order chi connectivity index (χ1) is 15.1. The predicted molar refractivity (Wildman–Crippen MR) is 120 cm³/mol. The number of aromatic nitrogens is 1. The van der Waals surface area contributed by atoms with Crippen LogP contribution < -0.4 is 20.4 Å². The van der Waals surface area contributed by atoms with E-state index >= 15 is 0 Å². The summed E-state index contributed by atoms with van der Waals surface area (Å²) in [5.41, 5.74) is 1.84. The molecule has 4 aromatic rings. The minimum atomic E-state index is -0.473. The zero-order valence-electron chi connectivity index (χ0n) is 16.7. The topological polar surface area (TPSA) is 97.4 Å². The second-order valence-corrected chi connectivity index (χ2v) is 7.26. The van der Waals surface area contributed by atoms with Crippen molar-refractivity contribution in [3.8, 4) is 28.8 Å². The molecule has 0 unspecified atom stereocenters. The Hall–Kier alpha value is -4.09. The number of nitrogens with one attached hydrogen (secondary N) is 1. The molecule has 2 aromatic heterocycles. The van der Waals surface area contributed by atoms with E-state index in [4.69, 9.17) is 13.9 Å². The van der Waals surface area contributed by atoms with Crippen LogP contribution in [0.1, 0.15) is 5.01 Å². The van der Waals surface area contributed by atoms with Gasteiger partial charge in [0.25, 0.3) is 0 Å². The van der Waals surface area contributed by atoms with Crippen molar-refractivity contribution in [2.24, 2.45) is 0 Å². The number of rotatable bonds is 6. The highest BCUT2D eigenvalue weighted by Crippen LogP contribution is 2.30. The van der Waals surface area contributed by atoms with Gasteiger partial charge < -0.3 is 19.2 Å². The molecule has 31 heavy (non-hydrogen) atoms. The van der Waals surface area contributed by atoms with E-state index < -0.39 is 5.63 Å². The summed E-state index contributed by atoms with van der Waals surface area (Å²) in [6.07, 6.45) is 1.55. The van der Waals surface area contributed by atoms with Crippen molar-refractivity contribution >= 4 is 33.6 Å². The smallest absolute Gasteiger partial charge is 0.345 e. The van der Waals surface area contributed by atoms with E-state index in [-0.39, 0.29) is 0 Å². The molecule has 154 valence electrons. The molecule has 2 heterocycles. The number of nitrogens with zero attached hydrogens (tertiary/aromatic N) is 2. The fourth-order valence-corrected chi connectivity index (χ4v) is 3.76. The van der Waals surface area contributed by atoms with Gasteiger partial charge in [-0.2, -0.15) is 5.26 Å². The summed E-state index contributed by atoms with van der Waals surface area (Å²) in [5, 5.41) is 15.7. The van der Waals surface area contributed by atoms with E-state index in [1.807, 2.05) is 12.1 Å². The van der Waals surface area contributed by atoms with Gasteiger partial charge in [-0.1, -0.05) is 18.2 Å². The predicted octanol–water partition coefficient (Wildman–Crippen LogP) is 4.91. The van der Waals surface area contributed by atoms with Gasteiger partial charge >= 0.3 is 5.63 Å². The van der Waals surface area contributed by atoms with Crippen LogP contribution in [0.5, 0.6) is 11.5 Å². The molecule has 2 aromatic carbocycles. The number of nitriles is 1. The Kier molecular flexibility index (Phi) is 5.69. The number of para-hydroxylation sites is 1. The van der Waals surface area contributed by atoms with Crippen LogP contribution in [0.3, 0.4) is 0 Å². The van der Waals surface area contributed by atoms with Gasteiger partial charge in [0.05, 0.1) is 31.2 Å². The Morgan fingerprint density at radius 2 is 2.03 bits per heavy atom. The van der Waals surface area contributed by atoms with Crippen LogP contribution in [0.15, 0.2) is 69.3 Å². The SMILES string of the molecule is COc1ccc(N/C=C(/C#N)c2nc(-c3cc4ccccc4oc3=O)cs2)c(OC)c1. The normalized spacial score (nSPS) is 11.2. The van der Waals surface area contributed by atoms with E-state index in [2.05, 4.69) is 16.4 Å². The average Bonchev–Trinajstić information content (AvgIpc) is 3.28. The van der Waals surface area contributed by atoms with Gasteiger partial charge in [0.2, 0.25) is 0 Å². The van der Waals surface area contributed by atoms with Crippen LogP contribution in [0.25, 0.3) is 27.8 Å². The van der Waals surface area contributed by atoms with Crippen molar-refractivity contribution in [3.63, 3.8) is 0 Å². The molecule has 0 aliphatic rings. The van der Waals surface area contributed by atoms with E-state index in [9.17, 15) is 10.1 Å². The summed E-state index contributed by atoms with van der Waals surface area (Å²) >= 11 is 1.27. The van der Waals surface area contributed by atoms with Crippen LogP contribution >= 0.6 is 11.3 Å². The minimum Gasteiger partial charge on any atom is -0.497 e. The molecule has 7 nitrogen and oxygen atoms in total. The number of anilines is 1. The minimum absolute atomic E-state index is 0.319. The Morgan fingerprint density at radius 1 is 1.19 bits per heavy atom. The standard InChI is InChI=1S/C23H17N3O4S/c1-28-16-7-8-18(21(10-16)29-2)25-12-15(11-24)22-26-19(13-31-22)17-9-14-5-3-4-6-20(14)30-23(17)27/h3-10,12-13,25H,1-2H3/b15-12-. The molecule has 0 saturated heterocycles. The van der Waals surface area contributed by atoms with E-state index in [0.717, 1.165) is 5.39 Å².